The topological polar surface area (TPSA) is 78.5 Å². The maximum atomic E-state index is 13.3. The summed E-state index contributed by atoms with van der Waals surface area (Å²) in [6.45, 7) is 3.49. The second-order valence-electron chi connectivity index (χ2n) is 3.46. The Kier molecular flexibility index (Phi) is 2.47. The number of carbonyl (C=O) groups is 1. The van der Waals surface area contributed by atoms with E-state index in [1.54, 1.807) is 13.8 Å². The van der Waals surface area contributed by atoms with Gasteiger partial charge in [-0.3, -0.25) is 0 Å². The normalized spacial score (nSPS) is 11.0. The molecule has 2 rings (SSSR count). The summed E-state index contributed by atoms with van der Waals surface area (Å²) in [5.74, 6) is -0.953. The maximum Gasteiger partial charge on any atom is 0.372 e. The van der Waals surface area contributed by atoms with Gasteiger partial charge in [0, 0.05) is 5.92 Å². The number of halogens is 1. The molecule has 0 aliphatic rings. The van der Waals surface area contributed by atoms with E-state index < -0.39 is 12.0 Å². The lowest BCUT2D eigenvalue weighted by atomic mass is 10.1. The van der Waals surface area contributed by atoms with Gasteiger partial charge in [0.25, 0.3) is 5.95 Å². The summed E-state index contributed by atoms with van der Waals surface area (Å²) in [4.78, 5) is 11.8. The second-order valence-corrected chi connectivity index (χ2v) is 3.46. The minimum atomic E-state index is -0.747. The molecule has 8 heteroatoms. The van der Waals surface area contributed by atoms with Gasteiger partial charge in [-0.25, -0.2) is 4.79 Å². The van der Waals surface area contributed by atoms with Crippen molar-refractivity contribution in [3.05, 3.63) is 24.0 Å². The summed E-state index contributed by atoms with van der Waals surface area (Å²) in [6.07, 6.45) is 2.70. The zero-order valence-corrected chi connectivity index (χ0v) is 8.70. The highest BCUT2D eigenvalue weighted by Crippen LogP contribution is 2.15. The van der Waals surface area contributed by atoms with E-state index >= 15 is 0 Å². The third-order valence-electron chi connectivity index (χ3n) is 2.01. The van der Waals surface area contributed by atoms with Crippen molar-refractivity contribution in [2.24, 2.45) is 0 Å². The van der Waals surface area contributed by atoms with Crippen LogP contribution >= 0.6 is 0 Å². The molecule has 2 aromatic heterocycles. The number of hydrogen-bond acceptors (Lipinski definition) is 5. The molecule has 0 amide bonds. The number of aromatic nitrogens is 6. The van der Waals surface area contributed by atoms with Gasteiger partial charge in [-0.15, -0.1) is 5.10 Å². The van der Waals surface area contributed by atoms with Gasteiger partial charge in [-0.2, -0.15) is 13.8 Å². The van der Waals surface area contributed by atoms with Gasteiger partial charge in [0.2, 0.25) is 0 Å². The third kappa shape index (κ3) is 1.58. The van der Waals surface area contributed by atoms with Gasteiger partial charge in [0.05, 0.1) is 12.4 Å². The summed E-state index contributed by atoms with van der Waals surface area (Å²) in [5.41, 5.74) is 0.125. The fourth-order valence-electron chi connectivity index (χ4n) is 1.30. The van der Waals surface area contributed by atoms with Crippen LogP contribution < -0.4 is 0 Å². The molecule has 0 fully saturated rings. The van der Waals surface area contributed by atoms with E-state index in [-0.39, 0.29) is 11.6 Å². The predicted molar refractivity (Wildman–Crippen MR) is 50.3 cm³/mol. The van der Waals surface area contributed by atoms with Crippen LogP contribution in [0.3, 0.4) is 0 Å². The van der Waals surface area contributed by atoms with Gasteiger partial charge in [-0.1, -0.05) is 29.4 Å². The lowest BCUT2D eigenvalue weighted by Crippen LogP contribution is -2.24. The van der Waals surface area contributed by atoms with Crippen molar-refractivity contribution in [2.75, 3.05) is 0 Å². The molecule has 0 N–H and O–H groups in total. The molecule has 16 heavy (non-hydrogen) atoms. The largest absolute Gasteiger partial charge is 0.372 e. The van der Waals surface area contributed by atoms with Crippen molar-refractivity contribution in [3.8, 4) is 0 Å². The van der Waals surface area contributed by atoms with Crippen molar-refractivity contribution in [3.63, 3.8) is 0 Å². The van der Waals surface area contributed by atoms with Gasteiger partial charge in [0.15, 0.2) is 0 Å². The molecule has 84 valence electrons. The minimum Gasteiger partial charge on any atom is -0.243 e. The molecule has 0 saturated carbocycles. The van der Waals surface area contributed by atoms with Gasteiger partial charge < -0.3 is 0 Å². The Morgan fingerprint density at radius 1 is 1.44 bits per heavy atom. The highest BCUT2D eigenvalue weighted by Gasteiger charge is 2.22. The third-order valence-corrected chi connectivity index (χ3v) is 2.01. The van der Waals surface area contributed by atoms with Crippen LogP contribution in [0, 0.1) is 5.95 Å². The molecule has 0 radical (unpaired) electrons. The van der Waals surface area contributed by atoms with Gasteiger partial charge in [-0.05, 0) is 0 Å². The SMILES string of the molecule is CC(C)c1c(F)nnn1C(=O)n1ccnn1. The Morgan fingerprint density at radius 2 is 2.19 bits per heavy atom. The van der Waals surface area contributed by atoms with Crippen LogP contribution in [-0.4, -0.2) is 36.0 Å². The highest BCUT2D eigenvalue weighted by atomic mass is 19.1. The Bertz CT molecular complexity index is 503. The Morgan fingerprint density at radius 3 is 2.75 bits per heavy atom. The molecule has 0 saturated heterocycles. The average molecular weight is 224 g/mol. The first-order chi connectivity index (χ1) is 7.61. The quantitative estimate of drug-likeness (QED) is 0.710. The molecular weight excluding hydrogens is 215 g/mol. The van der Waals surface area contributed by atoms with Crippen molar-refractivity contribution in [1.82, 2.24) is 30.0 Å². The zero-order valence-electron chi connectivity index (χ0n) is 8.70. The van der Waals surface area contributed by atoms with Crippen LogP contribution in [0.25, 0.3) is 0 Å². The Balaban J connectivity index is 2.45. The van der Waals surface area contributed by atoms with E-state index in [0.29, 0.717) is 0 Å². The first kappa shape index (κ1) is 10.4. The highest BCUT2D eigenvalue weighted by molar-refractivity contribution is 5.77. The zero-order chi connectivity index (χ0) is 11.7. The molecule has 0 bridgehead atoms. The number of rotatable bonds is 1. The lowest BCUT2D eigenvalue weighted by molar-refractivity contribution is 0.236. The maximum absolute atomic E-state index is 13.3. The summed E-state index contributed by atoms with van der Waals surface area (Å²) < 4.78 is 15.1. The smallest absolute Gasteiger partial charge is 0.243 e. The van der Waals surface area contributed by atoms with E-state index in [0.717, 1.165) is 9.36 Å². The van der Waals surface area contributed by atoms with Crippen molar-refractivity contribution >= 4 is 6.03 Å². The molecule has 2 heterocycles. The molecule has 2 aromatic rings. The number of nitrogens with zero attached hydrogens (tertiary/aromatic N) is 6. The monoisotopic (exact) mass is 224 g/mol. The molecule has 0 aliphatic carbocycles. The first-order valence-electron chi connectivity index (χ1n) is 4.63. The number of carbonyl (C=O) groups excluding carboxylic acids is 1. The minimum absolute atomic E-state index is 0.125. The fraction of sp³-hybridized carbons (Fsp3) is 0.375. The van der Waals surface area contributed by atoms with Gasteiger partial charge >= 0.3 is 6.03 Å². The first-order valence-corrected chi connectivity index (χ1v) is 4.63. The molecule has 0 unspecified atom stereocenters. The van der Waals surface area contributed by atoms with Gasteiger partial charge in [0.1, 0.15) is 5.69 Å². The van der Waals surface area contributed by atoms with Crippen molar-refractivity contribution in [1.29, 1.82) is 0 Å². The van der Waals surface area contributed by atoms with Crippen LogP contribution in [-0.2, 0) is 0 Å². The fourth-order valence-corrected chi connectivity index (χ4v) is 1.30. The standard InChI is InChI=1S/C8H9FN6O/c1-5(2)6-7(9)11-13-15(6)8(16)14-4-3-10-12-14/h3-5H,1-2H3. The molecular formula is C8H9FN6O. The average Bonchev–Trinajstić information content (AvgIpc) is 2.84. The summed E-state index contributed by atoms with van der Waals surface area (Å²) in [5, 5.41) is 13.7. The van der Waals surface area contributed by atoms with Crippen LogP contribution in [0.15, 0.2) is 12.4 Å². The summed E-state index contributed by atoms with van der Waals surface area (Å²) in [6, 6.07) is -0.613. The van der Waals surface area contributed by atoms with E-state index in [1.165, 1.54) is 12.4 Å². The van der Waals surface area contributed by atoms with E-state index in [4.69, 9.17) is 0 Å². The van der Waals surface area contributed by atoms with Crippen molar-refractivity contribution < 1.29 is 9.18 Å². The molecule has 0 spiro atoms. The van der Waals surface area contributed by atoms with Crippen LogP contribution in [0.4, 0.5) is 9.18 Å². The molecule has 7 nitrogen and oxygen atoms in total. The van der Waals surface area contributed by atoms with E-state index in [2.05, 4.69) is 20.6 Å². The second kappa shape index (κ2) is 3.80. The molecule has 0 atom stereocenters. The summed E-state index contributed by atoms with van der Waals surface area (Å²) >= 11 is 0. The van der Waals surface area contributed by atoms with Crippen molar-refractivity contribution in [2.45, 2.75) is 19.8 Å². The van der Waals surface area contributed by atoms with E-state index in [1.807, 2.05) is 0 Å². The van der Waals surface area contributed by atoms with E-state index in [9.17, 15) is 9.18 Å². The number of hydrogen-bond donors (Lipinski definition) is 0. The van der Waals surface area contributed by atoms with Crippen LogP contribution in [0.5, 0.6) is 0 Å². The summed E-state index contributed by atoms with van der Waals surface area (Å²) in [7, 11) is 0. The molecule has 0 aromatic carbocycles. The van der Waals surface area contributed by atoms with Crippen LogP contribution in [0.2, 0.25) is 0 Å². The van der Waals surface area contributed by atoms with Crippen LogP contribution in [0.1, 0.15) is 25.5 Å². The Labute approximate surface area is 89.9 Å². The Hall–Kier alpha value is -2.12. The predicted octanol–water partition coefficient (Wildman–Crippen LogP) is 0.649. The molecule has 0 aliphatic heterocycles. The lowest BCUT2D eigenvalue weighted by Gasteiger charge is -2.06.